The zero-order valence-corrected chi connectivity index (χ0v) is 13.2. The van der Waals surface area contributed by atoms with Crippen LogP contribution in [-0.2, 0) is 22.3 Å². The molecule has 22 heavy (non-hydrogen) atoms. The Balaban J connectivity index is 1.64. The average molecular weight is 296 g/mol. The van der Waals surface area contributed by atoms with E-state index in [2.05, 4.69) is 60.7 Å². The summed E-state index contributed by atoms with van der Waals surface area (Å²) in [5.41, 5.74) is 2.67. The molecule has 1 aliphatic heterocycles. The number of ether oxygens (including phenoxy) is 2. The zero-order valence-electron chi connectivity index (χ0n) is 13.2. The average Bonchev–Trinajstić information content (AvgIpc) is 2.56. The van der Waals surface area contributed by atoms with E-state index < -0.39 is 0 Å². The van der Waals surface area contributed by atoms with Crippen LogP contribution < -0.4 is 0 Å². The fraction of sp³-hybridized carbons (Fsp3) is 0.400. The lowest BCUT2D eigenvalue weighted by Crippen LogP contribution is -2.38. The summed E-state index contributed by atoms with van der Waals surface area (Å²) in [5.74, 6) is 0. The molecule has 0 N–H and O–H groups in total. The molecule has 1 unspecified atom stereocenters. The van der Waals surface area contributed by atoms with E-state index in [1.54, 1.807) is 0 Å². The second-order valence-corrected chi connectivity index (χ2v) is 6.09. The summed E-state index contributed by atoms with van der Waals surface area (Å²) >= 11 is 0. The van der Waals surface area contributed by atoms with E-state index in [1.807, 2.05) is 7.11 Å². The van der Waals surface area contributed by atoms with Gasteiger partial charge in [0.15, 0.2) is 0 Å². The predicted octanol–water partition coefficient (Wildman–Crippen LogP) is 4.03. The van der Waals surface area contributed by atoms with Crippen LogP contribution in [0.3, 0.4) is 0 Å². The van der Waals surface area contributed by atoms with Crippen LogP contribution in [0, 0.1) is 0 Å². The summed E-state index contributed by atoms with van der Waals surface area (Å²) in [6.45, 7) is 0. The van der Waals surface area contributed by atoms with Crippen molar-refractivity contribution < 1.29 is 9.47 Å². The van der Waals surface area contributed by atoms with Gasteiger partial charge < -0.3 is 9.47 Å². The molecule has 2 aromatic carbocycles. The molecule has 0 aromatic heterocycles. The summed E-state index contributed by atoms with van der Waals surface area (Å²) in [5, 5.41) is 0. The maximum absolute atomic E-state index is 6.35. The topological polar surface area (TPSA) is 18.5 Å². The minimum atomic E-state index is 0.245. The summed E-state index contributed by atoms with van der Waals surface area (Å²) < 4.78 is 12.0. The summed E-state index contributed by atoms with van der Waals surface area (Å²) in [6.07, 6.45) is 4.69. The Morgan fingerprint density at radius 2 is 1.27 bits per heavy atom. The van der Waals surface area contributed by atoms with Crippen LogP contribution in [-0.4, -0.2) is 25.4 Å². The Morgan fingerprint density at radius 1 is 0.818 bits per heavy atom. The summed E-state index contributed by atoms with van der Waals surface area (Å²) in [4.78, 5) is 0. The molecule has 3 atom stereocenters. The monoisotopic (exact) mass is 296 g/mol. The minimum Gasteiger partial charge on any atom is -0.381 e. The molecule has 0 aliphatic carbocycles. The van der Waals surface area contributed by atoms with E-state index in [4.69, 9.17) is 9.47 Å². The lowest BCUT2D eigenvalue weighted by Gasteiger charge is -2.35. The van der Waals surface area contributed by atoms with Gasteiger partial charge >= 0.3 is 0 Å². The van der Waals surface area contributed by atoms with Gasteiger partial charge in [-0.1, -0.05) is 60.7 Å². The van der Waals surface area contributed by atoms with Gasteiger partial charge in [-0.15, -0.1) is 0 Å². The lowest BCUT2D eigenvalue weighted by molar-refractivity contribution is -0.104. The van der Waals surface area contributed by atoms with Crippen LogP contribution in [0.5, 0.6) is 0 Å². The highest BCUT2D eigenvalue weighted by Gasteiger charge is 2.29. The van der Waals surface area contributed by atoms with Crippen molar-refractivity contribution in [3.63, 3.8) is 0 Å². The Hall–Kier alpha value is -1.64. The molecule has 0 radical (unpaired) electrons. The van der Waals surface area contributed by atoms with Crippen LogP contribution >= 0.6 is 0 Å². The van der Waals surface area contributed by atoms with Crippen molar-refractivity contribution in [2.75, 3.05) is 7.11 Å². The molecular formula is C20H24O2. The Bertz CT molecular complexity index is 503. The van der Waals surface area contributed by atoms with E-state index in [9.17, 15) is 0 Å². The molecule has 1 saturated heterocycles. The highest BCUT2D eigenvalue weighted by Crippen LogP contribution is 2.26. The van der Waals surface area contributed by atoms with Gasteiger partial charge in [-0.05, 0) is 24.0 Å². The largest absolute Gasteiger partial charge is 0.381 e. The number of methoxy groups -OCH3 is 1. The van der Waals surface area contributed by atoms with E-state index in [0.29, 0.717) is 6.10 Å². The Morgan fingerprint density at radius 3 is 1.68 bits per heavy atom. The molecule has 2 aromatic rings. The van der Waals surface area contributed by atoms with Crippen molar-refractivity contribution in [1.29, 1.82) is 0 Å². The molecular weight excluding hydrogens is 272 g/mol. The Kier molecular flexibility index (Phi) is 5.25. The number of hydrogen-bond donors (Lipinski definition) is 0. The minimum absolute atomic E-state index is 0.245. The quantitative estimate of drug-likeness (QED) is 0.829. The number of hydrogen-bond acceptors (Lipinski definition) is 2. The fourth-order valence-electron chi connectivity index (χ4n) is 3.28. The lowest BCUT2D eigenvalue weighted by atomic mass is 9.93. The first-order chi connectivity index (χ1) is 10.8. The van der Waals surface area contributed by atoms with Gasteiger partial charge in [0, 0.05) is 20.0 Å². The second kappa shape index (κ2) is 7.57. The smallest absolute Gasteiger partial charge is 0.0644 e. The molecule has 0 spiro atoms. The third-order valence-corrected chi connectivity index (χ3v) is 4.38. The van der Waals surface area contributed by atoms with Gasteiger partial charge in [0.1, 0.15) is 0 Å². The van der Waals surface area contributed by atoms with Crippen molar-refractivity contribution in [3.8, 4) is 0 Å². The molecule has 2 nitrogen and oxygen atoms in total. The van der Waals surface area contributed by atoms with Crippen LogP contribution in [0.15, 0.2) is 60.7 Å². The van der Waals surface area contributed by atoms with Crippen molar-refractivity contribution in [1.82, 2.24) is 0 Å². The molecule has 0 bridgehead atoms. The zero-order chi connectivity index (χ0) is 15.2. The summed E-state index contributed by atoms with van der Waals surface area (Å²) in [7, 11) is 1.81. The first-order valence-corrected chi connectivity index (χ1v) is 8.09. The van der Waals surface area contributed by atoms with Gasteiger partial charge in [-0.25, -0.2) is 0 Å². The van der Waals surface area contributed by atoms with Gasteiger partial charge in [0.05, 0.1) is 18.3 Å². The molecule has 0 saturated carbocycles. The molecule has 1 aliphatic rings. The molecule has 1 heterocycles. The van der Waals surface area contributed by atoms with Crippen molar-refractivity contribution in [3.05, 3.63) is 71.8 Å². The second-order valence-electron chi connectivity index (χ2n) is 6.09. The normalized spacial score (nSPS) is 25.0. The first-order valence-electron chi connectivity index (χ1n) is 8.09. The number of benzene rings is 2. The van der Waals surface area contributed by atoms with Gasteiger partial charge in [0.2, 0.25) is 0 Å². The standard InChI is InChI=1S/C20H24O2/c1-21-18-14-19(12-16-8-4-2-5-9-16)22-20(15-18)13-17-10-6-3-7-11-17/h2-11,18-20H,12-15H2,1H3/t18?,19-,20+. The van der Waals surface area contributed by atoms with E-state index in [1.165, 1.54) is 11.1 Å². The predicted molar refractivity (Wildman–Crippen MR) is 89.0 cm³/mol. The highest BCUT2D eigenvalue weighted by atomic mass is 16.5. The SMILES string of the molecule is COC1C[C@@H](Cc2ccccc2)O[C@@H](Cc2ccccc2)C1. The molecule has 1 fully saturated rings. The maximum atomic E-state index is 6.35. The first kappa shape index (κ1) is 15.3. The molecule has 0 amide bonds. The van der Waals surface area contributed by atoms with Crippen molar-refractivity contribution in [2.24, 2.45) is 0 Å². The van der Waals surface area contributed by atoms with Gasteiger partial charge in [-0.2, -0.15) is 0 Å². The number of rotatable bonds is 5. The van der Waals surface area contributed by atoms with Crippen LogP contribution in [0.4, 0.5) is 0 Å². The van der Waals surface area contributed by atoms with E-state index in [0.717, 1.165) is 25.7 Å². The van der Waals surface area contributed by atoms with Crippen molar-refractivity contribution >= 4 is 0 Å². The maximum Gasteiger partial charge on any atom is 0.0644 e. The van der Waals surface area contributed by atoms with Gasteiger partial charge in [0.25, 0.3) is 0 Å². The third-order valence-electron chi connectivity index (χ3n) is 4.38. The fourth-order valence-corrected chi connectivity index (χ4v) is 3.28. The highest BCUT2D eigenvalue weighted by molar-refractivity contribution is 5.17. The van der Waals surface area contributed by atoms with Crippen LogP contribution in [0.1, 0.15) is 24.0 Å². The van der Waals surface area contributed by atoms with Crippen LogP contribution in [0.2, 0.25) is 0 Å². The van der Waals surface area contributed by atoms with Crippen LogP contribution in [0.25, 0.3) is 0 Å². The molecule has 116 valence electrons. The molecule has 3 rings (SSSR count). The van der Waals surface area contributed by atoms with Gasteiger partial charge in [-0.3, -0.25) is 0 Å². The molecule has 2 heteroatoms. The van der Waals surface area contributed by atoms with E-state index in [-0.39, 0.29) is 12.2 Å². The van der Waals surface area contributed by atoms with Crippen molar-refractivity contribution in [2.45, 2.75) is 44.0 Å². The summed E-state index contributed by atoms with van der Waals surface area (Å²) in [6, 6.07) is 21.2. The van der Waals surface area contributed by atoms with E-state index >= 15 is 0 Å². The third kappa shape index (κ3) is 4.19. The Labute approximate surface area is 133 Å².